The first-order chi connectivity index (χ1) is 8.02. The first-order valence-corrected chi connectivity index (χ1v) is 6.54. The van der Waals surface area contributed by atoms with Crippen molar-refractivity contribution in [3.63, 3.8) is 0 Å². The first-order valence-electron chi connectivity index (χ1n) is 5.35. The van der Waals surface area contributed by atoms with E-state index >= 15 is 0 Å². The van der Waals surface area contributed by atoms with Crippen LogP contribution in [0.4, 0.5) is 4.79 Å². The highest BCUT2D eigenvalue weighted by Crippen LogP contribution is 2.28. The third kappa shape index (κ3) is 4.93. The molecule has 1 aromatic heterocycles. The number of urea groups is 1. The van der Waals surface area contributed by atoms with Crippen LogP contribution in [0.5, 0.6) is 0 Å². The van der Waals surface area contributed by atoms with E-state index < -0.39 is 0 Å². The Bertz CT molecular complexity index is 368. The molecule has 0 aliphatic rings. The van der Waals surface area contributed by atoms with E-state index in [1.54, 1.807) is 7.11 Å². The number of methoxy groups -OCH3 is 1. The van der Waals surface area contributed by atoms with Crippen molar-refractivity contribution < 1.29 is 9.53 Å². The maximum absolute atomic E-state index is 11.4. The summed E-state index contributed by atoms with van der Waals surface area (Å²) in [5.74, 6) is 0. The number of nitrogens with one attached hydrogen (secondary N) is 2. The molecule has 1 atom stereocenters. The van der Waals surface area contributed by atoms with Crippen molar-refractivity contribution in [2.75, 3.05) is 13.7 Å². The van der Waals surface area contributed by atoms with Gasteiger partial charge in [-0.2, -0.15) is 0 Å². The number of rotatable bonds is 5. The summed E-state index contributed by atoms with van der Waals surface area (Å²) in [4.78, 5) is 12.4. The van der Waals surface area contributed by atoms with Gasteiger partial charge >= 0.3 is 6.03 Å². The van der Waals surface area contributed by atoms with Gasteiger partial charge in [-0.3, -0.25) is 0 Å². The van der Waals surface area contributed by atoms with Crippen molar-refractivity contribution >= 4 is 29.0 Å². The van der Waals surface area contributed by atoms with Crippen LogP contribution in [0.25, 0.3) is 0 Å². The molecule has 2 amide bonds. The fourth-order valence-electron chi connectivity index (χ4n) is 1.30. The van der Waals surface area contributed by atoms with Gasteiger partial charge < -0.3 is 15.4 Å². The number of ether oxygens (including phenoxy) is 1. The van der Waals surface area contributed by atoms with Crippen molar-refractivity contribution in [2.24, 2.45) is 0 Å². The summed E-state index contributed by atoms with van der Waals surface area (Å²) in [6.07, 6.45) is -0.162. The molecule has 0 spiro atoms. The summed E-state index contributed by atoms with van der Waals surface area (Å²) < 4.78 is 6.03. The van der Waals surface area contributed by atoms with E-state index in [4.69, 9.17) is 16.3 Å². The van der Waals surface area contributed by atoms with Crippen LogP contribution in [0.2, 0.25) is 4.34 Å². The molecular weight excluding hydrogens is 260 g/mol. The minimum atomic E-state index is -0.190. The molecule has 0 saturated heterocycles. The molecule has 1 rings (SSSR count). The highest BCUT2D eigenvalue weighted by atomic mass is 35.5. The van der Waals surface area contributed by atoms with Crippen molar-refractivity contribution in [1.82, 2.24) is 10.6 Å². The predicted octanol–water partition coefficient (Wildman–Crippen LogP) is 2.80. The van der Waals surface area contributed by atoms with E-state index in [-0.39, 0.29) is 18.2 Å². The SMILES string of the molecule is COC(CNC(=O)NC(C)C)c1ccc(Cl)s1. The molecule has 1 aromatic rings. The molecular formula is C11H17ClN2O2S. The molecule has 0 bridgehead atoms. The van der Waals surface area contributed by atoms with Crippen molar-refractivity contribution in [3.05, 3.63) is 21.3 Å². The predicted molar refractivity (Wildman–Crippen MR) is 70.7 cm³/mol. The Labute approximate surface area is 110 Å². The number of amides is 2. The van der Waals surface area contributed by atoms with Gasteiger partial charge in [-0.1, -0.05) is 11.6 Å². The van der Waals surface area contributed by atoms with Gasteiger partial charge in [0.05, 0.1) is 10.9 Å². The minimum Gasteiger partial charge on any atom is -0.374 e. The highest BCUT2D eigenvalue weighted by Gasteiger charge is 2.14. The maximum atomic E-state index is 11.4. The summed E-state index contributed by atoms with van der Waals surface area (Å²) >= 11 is 7.31. The van der Waals surface area contributed by atoms with Gasteiger partial charge in [0.1, 0.15) is 6.10 Å². The normalized spacial score (nSPS) is 12.5. The Kier molecular flexibility index (Phi) is 5.74. The lowest BCUT2D eigenvalue weighted by atomic mass is 10.3. The molecule has 0 fully saturated rings. The number of hydrogen-bond acceptors (Lipinski definition) is 3. The second kappa shape index (κ2) is 6.83. The fourth-order valence-corrected chi connectivity index (χ4v) is 2.44. The number of halogens is 1. The number of hydrogen-bond donors (Lipinski definition) is 2. The standard InChI is InChI=1S/C11H17ClN2O2S/c1-7(2)14-11(15)13-6-8(16-3)9-4-5-10(12)17-9/h4-5,7-8H,6H2,1-3H3,(H2,13,14,15). The summed E-state index contributed by atoms with van der Waals surface area (Å²) in [5.41, 5.74) is 0. The van der Waals surface area contributed by atoms with Gasteiger partial charge in [-0.25, -0.2) is 4.79 Å². The Balaban J connectivity index is 2.45. The van der Waals surface area contributed by atoms with Crippen LogP contribution in [-0.2, 0) is 4.74 Å². The zero-order valence-corrected chi connectivity index (χ0v) is 11.7. The van der Waals surface area contributed by atoms with Crippen molar-refractivity contribution in [3.8, 4) is 0 Å². The van der Waals surface area contributed by atoms with Gasteiger partial charge in [0.2, 0.25) is 0 Å². The van der Waals surface area contributed by atoms with E-state index in [0.717, 1.165) is 4.88 Å². The van der Waals surface area contributed by atoms with Crippen LogP contribution < -0.4 is 10.6 Å². The van der Waals surface area contributed by atoms with Crippen LogP contribution in [0.3, 0.4) is 0 Å². The molecule has 96 valence electrons. The quantitative estimate of drug-likeness (QED) is 0.869. The fraction of sp³-hybridized carbons (Fsp3) is 0.545. The third-order valence-corrected chi connectivity index (χ3v) is 3.39. The molecule has 0 aliphatic heterocycles. The average molecular weight is 277 g/mol. The summed E-state index contributed by atoms with van der Waals surface area (Å²) in [6, 6.07) is 3.65. The van der Waals surface area contributed by atoms with Gasteiger partial charge in [-0.05, 0) is 26.0 Å². The average Bonchev–Trinajstić information content (AvgIpc) is 2.65. The molecule has 0 aliphatic carbocycles. The molecule has 1 heterocycles. The summed E-state index contributed by atoms with van der Waals surface area (Å²) in [5, 5.41) is 5.51. The lowest BCUT2D eigenvalue weighted by Gasteiger charge is -2.16. The van der Waals surface area contributed by atoms with Crippen molar-refractivity contribution in [1.29, 1.82) is 0 Å². The van der Waals surface area contributed by atoms with E-state index in [2.05, 4.69) is 10.6 Å². The topological polar surface area (TPSA) is 50.4 Å². The molecule has 0 radical (unpaired) electrons. The van der Waals surface area contributed by atoms with Crippen LogP contribution in [0.15, 0.2) is 12.1 Å². The lowest BCUT2D eigenvalue weighted by molar-refractivity contribution is 0.106. The van der Waals surface area contributed by atoms with E-state index in [0.29, 0.717) is 10.9 Å². The van der Waals surface area contributed by atoms with E-state index in [1.165, 1.54) is 11.3 Å². The second-order valence-electron chi connectivity index (χ2n) is 3.88. The maximum Gasteiger partial charge on any atom is 0.315 e. The molecule has 17 heavy (non-hydrogen) atoms. The molecule has 2 N–H and O–H groups in total. The monoisotopic (exact) mass is 276 g/mol. The largest absolute Gasteiger partial charge is 0.374 e. The van der Waals surface area contributed by atoms with Gasteiger partial charge in [0, 0.05) is 18.0 Å². The summed E-state index contributed by atoms with van der Waals surface area (Å²) in [7, 11) is 1.61. The molecule has 0 aromatic carbocycles. The van der Waals surface area contributed by atoms with E-state index in [1.807, 2.05) is 26.0 Å². The summed E-state index contributed by atoms with van der Waals surface area (Å²) in [6.45, 7) is 4.24. The zero-order chi connectivity index (χ0) is 12.8. The Morgan fingerprint density at radius 2 is 2.24 bits per heavy atom. The van der Waals surface area contributed by atoms with Gasteiger partial charge in [0.15, 0.2) is 0 Å². The minimum absolute atomic E-state index is 0.118. The number of carbonyl (C=O) groups is 1. The molecule has 6 heteroatoms. The Morgan fingerprint density at radius 3 is 2.71 bits per heavy atom. The van der Waals surface area contributed by atoms with Crippen LogP contribution >= 0.6 is 22.9 Å². The van der Waals surface area contributed by atoms with Crippen LogP contribution in [-0.4, -0.2) is 25.7 Å². The van der Waals surface area contributed by atoms with E-state index in [9.17, 15) is 4.79 Å². The third-order valence-electron chi connectivity index (χ3n) is 2.06. The highest BCUT2D eigenvalue weighted by molar-refractivity contribution is 7.16. The molecule has 0 saturated carbocycles. The first kappa shape index (κ1) is 14.3. The van der Waals surface area contributed by atoms with Gasteiger partial charge in [-0.15, -0.1) is 11.3 Å². The lowest BCUT2D eigenvalue weighted by Crippen LogP contribution is -2.41. The van der Waals surface area contributed by atoms with Gasteiger partial charge in [0.25, 0.3) is 0 Å². The Hall–Kier alpha value is -0.780. The van der Waals surface area contributed by atoms with Crippen LogP contribution in [0, 0.1) is 0 Å². The molecule has 4 nitrogen and oxygen atoms in total. The molecule has 1 unspecified atom stereocenters. The number of thiophene rings is 1. The smallest absolute Gasteiger partial charge is 0.315 e. The van der Waals surface area contributed by atoms with Crippen molar-refractivity contribution in [2.45, 2.75) is 26.0 Å². The zero-order valence-electron chi connectivity index (χ0n) is 10.1. The Morgan fingerprint density at radius 1 is 1.53 bits per heavy atom. The van der Waals surface area contributed by atoms with Crippen LogP contribution in [0.1, 0.15) is 24.8 Å². The second-order valence-corrected chi connectivity index (χ2v) is 5.62. The number of carbonyl (C=O) groups excluding carboxylic acids is 1.